The van der Waals surface area contributed by atoms with Crippen molar-refractivity contribution in [3.63, 3.8) is 0 Å². The van der Waals surface area contributed by atoms with Crippen LogP contribution in [0.2, 0.25) is 0 Å². The van der Waals surface area contributed by atoms with Gasteiger partial charge in [0.05, 0.1) is 11.0 Å². The Morgan fingerprint density at radius 3 is 2.93 bits per heavy atom. The number of fused-ring (bicyclic) bond motifs is 2. The molecule has 2 aromatic carbocycles. The summed E-state index contributed by atoms with van der Waals surface area (Å²) in [5.74, 6) is 2.36. The number of halogens is 1. The average Bonchev–Trinajstić information content (AvgIpc) is 3.03. The number of para-hydroxylation sites is 2. The normalized spacial score (nSPS) is 22.5. The van der Waals surface area contributed by atoms with E-state index in [9.17, 15) is 4.39 Å². The minimum Gasteiger partial charge on any atom is -0.486 e. The first kappa shape index (κ1) is 17.5. The first-order chi connectivity index (χ1) is 13.7. The molecule has 5 rings (SSSR count). The van der Waals surface area contributed by atoms with Crippen LogP contribution in [-0.2, 0) is 0 Å². The summed E-state index contributed by atoms with van der Waals surface area (Å²) >= 11 is 0. The van der Waals surface area contributed by atoms with Crippen molar-refractivity contribution in [3.05, 3.63) is 54.1 Å². The zero-order valence-corrected chi connectivity index (χ0v) is 16.0. The summed E-state index contributed by atoms with van der Waals surface area (Å²) in [6, 6.07) is 12.9. The number of hydrogen-bond acceptors (Lipinski definition) is 4. The monoisotopic (exact) mass is 381 g/mol. The maximum atomic E-state index is 13.8. The number of ether oxygens (including phenoxy) is 2. The summed E-state index contributed by atoms with van der Waals surface area (Å²) in [5, 5.41) is 0. The Balaban J connectivity index is 1.32. The maximum Gasteiger partial charge on any atom is 0.161 e. The summed E-state index contributed by atoms with van der Waals surface area (Å²) in [5.41, 5.74) is 1.74. The van der Waals surface area contributed by atoms with Gasteiger partial charge in [-0.1, -0.05) is 12.1 Å². The minimum atomic E-state index is -0.215. The average molecular weight is 381 g/mol. The van der Waals surface area contributed by atoms with Crippen molar-refractivity contribution in [2.75, 3.05) is 26.2 Å². The number of piperidine rings is 1. The van der Waals surface area contributed by atoms with Gasteiger partial charge >= 0.3 is 0 Å². The van der Waals surface area contributed by atoms with Gasteiger partial charge in [0, 0.05) is 19.1 Å². The molecule has 6 heteroatoms. The summed E-state index contributed by atoms with van der Waals surface area (Å²) in [4.78, 5) is 7.06. The standard InChI is InChI=1S/C22H24FN3O2/c1-15-24-19-9-8-16(23)11-20(19)26(15)17-5-4-10-25(12-17)13-18-14-27-21-6-2-3-7-22(21)28-18/h2-3,6-9,11,17-18H,4-5,10,12-14H2,1H3/t17-,18-/m0/s1. The second-order valence-corrected chi connectivity index (χ2v) is 7.72. The number of hydrogen-bond donors (Lipinski definition) is 0. The van der Waals surface area contributed by atoms with E-state index in [-0.39, 0.29) is 18.0 Å². The Morgan fingerprint density at radius 1 is 1.18 bits per heavy atom. The van der Waals surface area contributed by atoms with E-state index in [0.29, 0.717) is 6.61 Å². The zero-order valence-electron chi connectivity index (χ0n) is 16.0. The van der Waals surface area contributed by atoms with Crippen molar-refractivity contribution in [2.45, 2.75) is 31.9 Å². The van der Waals surface area contributed by atoms with Gasteiger partial charge in [0.2, 0.25) is 0 Å². The van der Waals surface area contributed by atoms with Crippen LogP contribution in [0.3, 0.4) is 0 Å². The second kappa shape index (κ2) is 7.09. The molecule has 0 aliphatic carbocycles. The van der Waals surface area contributed by atoms with Crippen LogP contribution in [0.5, 0.6) is 11.5 Å². The van der Waals surface area contributed by atoms with E-state index in [1.807, 2.05) is 31.2 Å². The molecule has 1 aromatic heterocycles. The Kier molecular flexibility index (Phi) is 4.43. The summed E-state index contributed by atoms with van der Waals surface area (Å²) in [7, 11) is 0. The van der Waals surface area contributed by atoms with Crippen LogP contribution in [0, 0.1) is 12.7 Å². The quantitative estimate of drug-likeness (QED) is 0.689. The lowest BCUT2D eigenvalue weighted by molar-refractivity contribution is 0.0462. The highest BCUT2D eigenvalue weighted by Crippen LogP contribution is 2.32. The molecular formula is C22H24FN3O2. The lowest BCUT2D eigenvalue weighted by Crippen LogP contribution is -2.45. The summed E-state index contributed by atoms with van der Waals surface area (Å²) in [6.45, 7) is 5.34. The number of nitrogens with zero attached hydrogens (tertiary/aromatic N) is 3. The third-order valence-electron chi connectivity index (χ3n) is 5.70. The van der Waals surface area contributed by atoms with Crippen LogP contribution in [0.25, 0.3) is 11.0 Å². The number of benzene rings is 2. The van der Waals surface area contributed by atoms with E-state index in [2.05, 4.69) is 14.5 Å². The molecular weight excluding hydrogens is 357 g/mol. The lowest BCUT2D eigenvalue weighted by atomic mass is 10.0. The van der Waals surface area contributed by atoms with Crippen molar-refractivity contribution in [1.82, 2.24) is 14.5 Å². The molecule has 0 N–H and O–H groups in total. The van der Waals surface area contributed by atoms with E-state index < -0.39 is 0 Å². The van der Waals surface area contributed by atoms with Gasteiger partial charge in [-0.2, -0.15) is 0 Å². The van der Waals surface area contributed by atoms with Crippen LogP contribution < -0.4 is 9.47 Å². The van der Waals surface area contributed by atoms with Crippen LogP contribution in [0.1, 0.15) is 24.7 Å². The molecule has 0 radical (unpaired) electrons. The molecule has 0 amide bonds. The van der Waals surface area contributed by atoms with E-state index in [1.54, 1.807) is 12.1 Å². The third-order valence-corrected chi connectivity index (χ3v) is 5.70. The fourth-order valence-corrected chi connectivity index (χ4v) is 4.50. The Hall–Kier alpha value is -2.60. The maximum absolute atomic E-state index is 13.8. The van der Waals surface area contributed by atoms with Crippen molar-refractivity contribution >= 4 is 11.0 Å². The van der Waals surface area contributed by atoms with Gasteiger partial charge in [-0.05, 0) is 56.6 Å². The molecule has 1 fully saturated rings. The van der Waals surface area contributed by atoms with Crippen LogP contribution in [0.4, 0.5) is 4.39 Å². The molecule has 5 nitrogen and oxygen atoms in total. The van der Waals surface area contributed by atoms with Gasteiger partial charge in [0.15, 0.2) is 11.5 Å². The van der Waals surface area contributed by atoms with Gasteiger partial charge in [0.1, 0.15) is 24.4 Å². The molecule has 2 aliphatic heterocycles. The van der Waals surface area contributed by atoms with Gasteiger partial charge < -0.3 is 14.0 Å². The second-order valence-electron chi connectivity index (χ2n) is 7.72. The molecule has 28 heavy (non-hydrogen) atoms. The number of aromatic nitrogens is 2. The number of rotatable bonds is 3. The van der Waals surface area contributed by atoms with E-state index in [4.69, 9.17) is 9.47 Å². The van der Waals surface area contributed by atoms with E-state index >= 15 is 0 Å². The largest absolute Gasteiger partial charge is 0.486 e. The highest BCUT2D eigenvalue weighted by atomic mass is 19.1. The predicted octanol–water partition coefficient (Wildman–Crippen LogP) is 3.96. The van der Waals surface area contributed by atoms with Gasteiger partial charge in [-0.25, -0.2) is 9.37 Å². The topological polar surface area (TPSA) is 39.5 Å². The number of likely N-dealkylation sites (tertiary alicyclic amines) is 1. The van der Waals surface area contributed by atoms with Gasteiger partial charge in [0.25, 0.3) is 0 Å². The highest BCUT2D eigenvalue weighted by molar-refractivity contribution is 5.76. The molecule has 0 bridgehead atoms. The Morgan fingerprint density at radius 2 is 2.04 bits per heavy atom. The van der Waals surface area contributed by atoms with Crippen LogP contribution in [0.15, 0.2) is 42.5 Å². The van der Waals surface area contributed by atoms with Crippen molar-refractivity contribution in [2.24, 2.45) is 0 Å². The number of aryl methyl sites for hydroxylation is 1. The van der Waals surface area contributed by atoms with Crippen molar-refractivity contribution in [1.29, 1.82) is 0 Å². The molecule has 0 spiro atoms. The van der Waals surface area contributed by atoms with E-state index in [1.165, 1.54) is 6.07 Å². The molecule has 2 aliphatic rings. The fourth-order valence-electron chi connectivity index (χ4n) is 4.50. The first-order valence-electron chi connectivity index (χ1n) is 9.92. The molecule has 146 valence electrons. The van der Waals surface area contributed by atoms with E-state index in [0.717, 1.165) is 60.8 Å². The van der Waals surface area contributed by atoms with Crippen LogP contribution >= 0.6 is 0 Å². The fraction of sp³-hybridized carbons (Fsp3) is 0.409. The zero-order chi connectivity index (χ0) is 19.1. The van der Waals surface area contributed by atoms with Gasteiger partial charge in [-0.3, -0.25) is 4.90 Å². The Bertz CT molecular complexity index is 1000. The van der Waals surface area contributed by atoms with Crippen molar-refractivity contribution in [3.8, 4) is 11.5 Å². The first-order valence-corrected chi connectivity index (χ1v) is 9.92. The van der Waals surface area contributed by atoms with Gasteiger partial charge in [-0.15, -0.1) is 0 Å². The number of imidazole rings is 1. The molecule has 0 saturated carbocycles. The molecule has 3 aromatic rings. The highest BCUT2D eigenvalue weighted by Gasteiger charge is 2.28. The molecule has 2 atom stereocenters. The smallest absolute Gasteiger partial charge is 0.161 e. The Labute approximate surface area is 163 Å². The molecule has 3 heterocycles. The lowest BCUT2D eigenvalue weighted by Gasteiger charge is -2.37. The van der Waals surface area contributed by atoms with Crippen LogP contribution in [-0.4, -0.2) is 46.8 Å². The molecule has 1 saturated heterocycles. The third kappa shape index (κ3) is 3.22. The minimum absolute atomic E-state index is 0.0201. The van der Waals surface area contributed by atoms with Crippen molar-refractivity contribution < 1.29 is 13.9 Å². The summed E-state index contributed by atoms with van der Waals surface area (Å²) < 4.78 is 28.0. The predicted molar refractivity (Wildman–Crippen MR) is 105 cm³/mol. The molecule has 0 unspecified atom stereocenters. The SMILES string of the molecule is Cc1nc2ccc(F)cc2n1[C@H]1CCCN(C[C@H]2COc3ccccc3O2)C1. The summed E-state index contributed by atoms with van der Waals surface area (Å²) in [6.07, 6.45) is 2.19.